The molecule has 6 aromatic rings. The number of benzene rings is 5. The average Bonchev–Trinajstić information content (AvgIpc) is 3.39. The molecule has 1 aliphatic heterocycles. The van der Waals surface area contributed by atoms with E-state index in [-0.39, 0.29) is 0 Å². The maximum atomic E-state index is 10.1. The molecule has 3 nitrogen and oxygen atoms in total. The summed E-state index contributed by atoms with van der Waals surface area (Å²) < 4.78 is 2.32. The molecule has 0 amide bonds. The summed E-state index contributed by atoms with van der Waals surface area (Å²) >= 11 is 0. The molecule has 2 aliphatic rings. The van der Waals surface area contributed by atoms with Crippen molar-refractivity contribution in [3.05, 3.63) is 131 Å². The van der Waals surface area contributed by atoms with E-state index in [0.29, 0.717) is 5.46 Å². The van der Waals surface area contributed by atoms with Gasteiger partial charge >= 0.3 is 7.12 Å². The van der Waals surface area contributed by atoms with Crippen molar-refractivity contribution in [2.75, 3.05) is 0 Å². The number of para-hydroxylation sites is 2. The van der Waals surface area contributed by atoms with Crippen LogP contribution in [0.25, 0.3) is 38.6 Å². The molecule has 2 heterocycles. The van der Waals surface area contributed by atoms with Crippen LogP contribution in [-0.2, 0) is 5.41 Å². The van der Waals surface area contributed by atoms with Crippen molar-refractivity contribution >= 4 is 34.4 Å². The van der Waals surface area contributed by atoms with Crippen molar-refractivity contribution in [1.29, 1.82) is 0 Å². The summed E-state index contributed by atoms with van der Waals surface area (Å²) in [5.41, 5.74) is 10.7. The van der Waals surface area contributed by atoms with Gasteiger partial charge in [0.05, 0.1) is 22.1 Å². The van der Waals surface area contributed by atoms with Gasteiger partial charge < -0.3 is 14.6 Å². The highest BCUT2D eigenvalue weighted by Gasteiger charge is 2.50. The molecule has 5 aromatic carbocycles. The van der Waals surface area contributed by atoms with Crippen molar-refractivity contribution in [2.45, 2.75) is 5.41 Å². The summed E-state index contributed by atoms with van der Waals surface area (Å²) in [5, 5.41) is 22.6. The zero-order chi connectivity index (χ0) is 23.3. The molecule has 1 aromatic heterocycles. The van der Waals surface area contributed by atoms with Gasteiger partial charge in [-0.05, 0) is 51.0 Å². The van der Waals surface area contributed by atoms with Crippen LogP contribution in [0.2, 0.25) is 0 Å². The smallest absolute Gasteiger partial charge is 0.423 e. The molecule has 8 rings (SSSR count). The Morgan fingerprint density at radius 2 is 1.20 bits per heavy atom. The fourth-order valence-corrected chi connectivity index (χ4v) is 6.74. The van der Waals surface area contributed by atoms with Crippen LogP contribution in [0.15, 0.2) is 109 Å². The van der Waals surface area contributed by atoms with E-state index in [1.54, 1.807) is 0 Å². The van der Waals surface area contributed by atoms with Crippen LogP contribution in [0.5, 0.6) is 0 Å². The highest BCUT2D eigenvalue weighted by molar-refractivity contribution is 6.58. The first-order valence-electron chi connectivity index (χ1n) is 11.9. The Morgan fingerprint density at radius 1 is 0.571 bits per heavy atom. The minimum absolute atomic E-state index is 0.490. The largest absolute Gasteiger partial charge is 0.488 e. The number of rotatable bonds is 1. The standard InChI is InChI=1S/C31H20BNO2/c34-32(35)19-16-17-26-29(18-19)33-28-15-6-3-10-22(28)23-11-7-14-27(30(23)33)31(26)24-12-4-1-8-20(24)21-9-2-5-13-25(21)31/h1-18,34-35H. The Balaban J connectivity index is 1.68. The minimum Gasteiger partial charge on any atom is -0.423 e. The Kier molecular flexibility index (Phi) is 3.57. The van der Waals surface area contributed by atoms with Gasteiger partial charge in [-0.1, -0.05) is 97.1 Å². The van der Waals surface area contributed by atoms with E-state index in [4.69, 9.17) is 0 Å². The molecule has 164 valence electrons. The lowest BCUT2D eigenvalue weighted by atomic mass is 9.64. The van der Waals surface area contributed by atoms with Crippen LogP contribution < -0.4 is 5.46 Å². The molecule has 0 radical (unpaired) electrons. The van der Waals surface area contributed by atoms with Crippen LogP contribution in [0.1, 0.15) is 22.3 Å². The molecule has 0 unspecified atom stereocenters. The molecule has 0 fully saturated rings. The van der Waals surface area contributed by atoms with Gasteiger partial charge in [-0.3, -0.25) is 0 Å². The number of fused-ring (bicyclic) bond motifs is 12. The lowest BCUT2D eigenvalue weighted by molar-refractivity contribution is 0.425. The summed E-state index contributed by atoms with van der Waals surface area (Å²) in [7, 11) is -1.53. The fraction of sp³-hybridized carbons (Fsp3) is 0.0323. The van der Waals surface area contributed by atoms with Gasteiger partial charge in [-0.25, -0.2) is 0 Å². The lowest BCUT2D eigenvalue weighted by Crippen LogP contribution is -2.36. The van der Waals surface area contributed by atoms with Gasteiger partial charge in [0.25, 0.3) is 0 Å². The van der Waals surface area contributed by atoms with E-state index in [0.717, 1.165) is 16.8 Å². The first kappa shape index (κ1) is 19.2. The van der Waals surface area contributed by atoms with Gasteiger partial charge in [0.1, 0.15) is 0 Å². The first-order chi connectivity index (χ1) is 17.2. The molecular weight excluding hydrogens is 429 g/mol. The van der Waals surface area contributed by atoms with E-state index in [9.17, 15) is 10.0 Å². The van der Waals surface area contributed by atoms with Crippen molar-refractivity contribution in [1.82, 2.24) is 4.57 Å². The number of hydrogen-bond acceptors (Lipinski definition) is 2. The highest BCUT2D eigenvalue weighted by atomic mass is 16.4. The molecule has 0 saturated heterocycles. The molecule has 4 heteroatoms. The summed E-state index contributed by atoms with van der Waals surface area (Å²) in [4.78, 5) is 0. The fourth-order valence-electron chi connectivity index (χ4n) is 6.74. The molecular formula is C31H20BNO2. The predicted molar refractivity (Wildman–Crippen MR) is 141 cm³/mol. The minimum atomic E-state index is -1.53. The van der Waals surface area contributed by atoms with Crippen LogP contribution in [-0.4, -0.2) is 21.7 Å². The molecule has 35 heavy (non-hydrogen) atoms. The van der Waals surface area contributed by atoms with Crippen molar-refractivity contribution < 1.29 is 10.0 Å². The second kappa shape index (κ2) is 6.51. The van der Waals surface area contributed by atoms with E-state index in [1.807, 2.05) is 12.1 Å². The van der Waals surface area contributed by atoms with Gasteiger partial charge in [0.2, 0.25) is 0 Å². The van der Waals surface area contributed by atoms with Crippen molar-refractivity contribution in [2.24, 2.45) is 0 Å². The third kappa shape index (κ3) is 2.15. The predicted octanol–water partition coefficient (Wildman–Crippen LogP) is 5.14. The number of hydrogen-bond donors (Lipinski definition) is 2. The van der Waals surface area contributed by atoms with E-state index < -0.39 is 12.5 Å². The third-order valence-corrected chi connectivity index (χ3v) is 8.02. The Hall–Kier alpha value is -4.12. The van der Waals surface area contributed by atoms with E-state index in [1.165, 1.54) is 44.1 Å². The van der Waals surface area contributed by atoms with Gasteiger partial charge in [0.15, 0.2) is 0 Å². The summed E-state index contributed by atoms with van der Waals surface area (Å²) in [6.45, 7) is 0. The van der Waals surface area contributed by atoms with Crippen LogP contribution in [0, 0.1) is 0 Å². The normalized spacial score (nSPS) is 14.2. The summed E-state index contributed by atoms with van der Waals surface area (Å²) in [6.07, 6.45) is 0. The summed E-state index contributed by atoms with van der Waals surface area (Å²) in [6, 6.07) is 38.5. The average molecular weight is 449 g/mol. The van der Waals surface area contributed by atoms with E-state index >= 15 is 0 Å². The molecule has 0 bridgehead atoms. The maximum absolute atomic E-state index is 10.1. The molecule has 2 N–H and O–H groups in total. The number of aromatic nitrogens is 1. The van der Waals surface area contributed by atoms with Crippen LogP contribution in [0.3, 0.4) is 0 Å². The first-order valence-corrected chi connectivity index (χ1v) is 11.9. The van der Waals surface area contributed by atoms with Gasteiger partial charge in [-0.2, -0.15) is 0 Å². The molecule has 0 saturated carbocycles. The zero-order valence-electron chi connectivity index (χ0n) is 18.8. The molecule has 1 aliphatic carbocycles. The second-order valence-corrected chi connectivity index (χ2v) is 9.55. The quantitative estimate of drug-likeness (QED) is 0.341. The maximum Gasteiger partial charge on any atom is 0.488 e. The monoisotopic (exact) mass is 449 g/mol. The number of nitrogens with zero attached hydrogens (tertiary/aromatic N) is 1. The van der Waals surface area contributed by atoms with Crippen LogP contribution >= 0.6 is 0 Å². The van der Waals surface area contributed by atoms with Gasteiger partial charge in [0, 0.05) is 10.8 Å². The Labute approximate surface area is 202 Å². The van der Waals surface area contributed by atoms with Crippen molar-refractivity contribution in [3.63, 3.8) is 0 Å². The molecule has 1 spiro atoms. The third-order valence-electron chi connectivity index (χ3n) is 8.02. The topological polar surface area (TPSA) is 45.4 Å². The SMILES string of the molecule is OB(O)c1ccc2c(c1)-n1c3ccccc3c3cccc(c31)C21c2ccccc2-c2ccccc21. The zero-order valence-corrected chi connectivity index (χ0v) is 18.8. The van der Waals surface area contributed by atoms with Crippen LogP contribution in [0.4, 0.5) is 0 Å². The van der Waals surface area contributed by atoms with Crippen molar-refractivity contribution in [3.8, 4) is 16.8 Å². The second-order valence-electron chi connectivity index (χ2n) is 9.55. The Morgan fingerprint density at radius 3 is 1.94 bits per heavy atom. The summed E-state index contributed by atoms with van der Waals surface area (Å²) in [5.74, 6) is 0. The Bertz CT molecular complexity index is 1800. The van der Waals surface area contributed by atoms with E-state index in [2.05, 4.69) is 102 Å². The highest BCUT2D eigenvalue weighted by Crippen LogP contribution is 2.60. The molecule has 0 atom stereocenters. The van der Waals surface area contributed by atoms with Gasteiger partial charge in [-0.15, -0.1) is 0 Å². The lowest BCUT2D eigenvalue weighted by Gasteiger charge is -2.39.